The quantitative estimate of drug-likeness (QED) is 0.631. The van der Waals surface area contributed by atoms with Gasteiger partial charge in [0.15, 0.2) is 5.76 Å². The molecule has 1 aromatic heterocycles. The molecule has 1 atom stereocenters. The van der Waals surface area contributed by atoms with E-state index in [4.69, 9.17) is 9.52 Å². The predicted molar refractivity (Wildman–Crippen MR) is 78.7 cm³/mol. The second-order valence-electron chi connectivity index (χ2n) is 5.89. The Morgan fingerprint density at radius 3 is 2.71 bits per heavy atom. The van der Waals surface area contributed by atoms with Gasteiger partial charge in [0.25, 0.3) is 5.91 Å². The van der Waals surface area contributed by atoms with Gasteiger partial charge in [0.2, 0.25) is 5.91 Å². The molecule has 1 rings (SSSR count). The van der Waals surface area contributed by atoms with Crippen molar-refractivity contribution in [1.82, 2.24) is 10.6 Å². The first kappa shape index (κ1) is 17.2. The van der Waals surface area contributed by atoms with Gasteiger partial charge in [0.05, 0.1) is 6.26 Å². The van der Waals surface area contributed by atoms with Gasteiger partial charge in [-0.25, -0.2) is 0 Å². The number of carbonyl (C=O) groups is 2. The average Bonchev–Trinajstić information content (AvgIpc) is 2.97. The van der Waals surface area contributed by atoms with Crippen LogP contribution in [0.5, 0.6) is 0 Å². The molecule has 0 aromatic carbocycles. The molecule has 118 valence electrons. The first-order chi connectivity index (χ1) is 9.85. The molecular formula is C15H24N2O4. The van der Waals surface area contributed by atoms with Crippen LogP contribution in [-0.4, -0.2) is 36.1 Å². The number of rotatable bonds is 8. The van der Waals surface area contributed by atoms with E-state index in [9.17, 15) is 9.59 Å². The number of hydrogen-bond acceptors (Lipinski definition) is 4. The molecule has 1 heterocycles. The summed E-state index contributed by atoms with van der Waals surface area (Å²) >= 11 is 0. The lowest BCUT2D eigenvalue weighted by Crippen LogP contribution is -2.45. The first-order valence-corrected chi connectivity index (χ1v) is 7.09. The SMILES string of the molecule is CC(NC(=O)c1ccco1)C(=O)NCCCC(C)(C)CO. The summed E-state index contributed by atoms with van der Waals surface area (Å²) in [4.78, 5) is 23.5. The van der Waals surface area contributed by atoms with Gasteiger partial charge in [-0.1, -0.05) is 13.8 Å². The van der Waals surface area contributed by atoms with E-state index in [0.717, 1.165) is 12.8 Å². The highest BCUT2D eigenvalue weighted by molar-refractivity contribution is 5.95. The van der Waals surface area contributed by atoms with E-state index in [1.165, 1.54) is 12.3 Å². The molecule has 0 radical (unpaired) electrons. The van der Waals surface area contributed by atoms with Crippen LogP contribution in [0.1, 0.15) is 44.2 Å². The normalized spacial score (nSPS) is 12.8. The van der Waals surface area contributed by atoms with Gasteiger partial charge >= 0.3 is 0 Å². The fourth-order valence-corrected chi connectivity index (χ4v) is 1.75. The van der Waals surface area contributed by atoms with E-state index < -0.39 is 11.9 Å². The molecule has 21 heavy (non-hydrogen) atoms. The van der Waals surface area contributed by atoms with Crippen LogP contribution >= 0.6 is 0 Å². The zero-order valence-electron chi connectivity index (χ0n) is 12.8. The molecule has 1 unspecified atom stereocenters. The lowest BCUT2D eigenvalue weighted by Gasteiger charge is -2.21. The molecule has 0 saturated heterocycles. The van der Waals surface area contributed by atoms with Crippen molar-refractivity contribution in [3.8, 4) is 0 Å². The van der Waals surface area contributed by atoms with Crippen molar-refractivity contribution in [2.24, 2.45) is 5.41 Å². The van der Waals surface area contributed by atoms with E-state index in [1.807, 2.05) is 13.8 Å². The zero-order valence-corrected chi connectivity index (χ0v) is 12.8. The van der Waals surface area contributed by atoms with E-state index in [2.05, 4.69) is 10.6 Å². The number of hydrogen-bond donors (Lipinski definition) is 3. The summed E-state index contributed by atoms with van der Waals surface area (Å²) in [5.41, 5.74) is -0.135. The summed E-state index contributed by atoms with van der Waals surface area (Å²) in [6.45, 7) is 6.20. The molecule has 0 aliphatic rings. The summed E-state index contributed by atoms with van der Waals surface area (Å²) in [5, 5.41) is 14.5. The molecule has 0 fully saturated rings. The molecular weight excluding hydrogens is 272 g/mol. The van der Waals surface area contributed by atoms with Gasteiger partial charge in [-0.15, -0.1) is 0 Å². The number of aliphatic hydroxyl groups is 1. The lowest BCUT2D eigenvalue weighted by molar-refractivity contribution is -0.122. The summed E-state index contributed by atoms with van der Waals surface area (Å²) < 4.78 is 4.96. The largest absolute Gasteiger partial charge is 0.459 e. The number of carbonyl (C=O) groups excluding carboxylic acids is 2. The molecule has 1 aromatic rings. The van der Waals surface area contributed by atoms with Crippen molar-refractivity contribution < 1.29 is 19.1 Å². The maximum absolute atomic E-state index is 11.8. The molecule has 0 aliphatic heterocycles. The molecule has 0 bridgehead atoms. The maximum Gasteiger partial charge on any atom is 0.287 e. The second kappa shape index (κ2) is 7.83. The third-order valence-electron chi connectivity index (χ3n) is 3.24. The highest BCUT2D eigenvalue weighted by Crippen LogP contribution is 2.20. The van der Waals surface area contributed by atoms with Crippen LogP contribution in [-0.2, 0) is 4.79 Å². The highest BCUT2D eigenvalue weighted by Gasteiger charge is 2.19. The highest BCUT2D eigenvalue weighted by atomic mass is 16.3. The van der Waals surface area contributed by atoms with E-state index in [0.29, 0.717) is 6.54 Å². The fraction of sp³-hybridized carbons (Fsp3) is 0.600. The Hall–Kier alpha value is -1.82. The van der Waals surface area contributed by atoms with Crippen molar-refractivity contribution >= 4 is 11.8 Å². The number of aliphatic hydroxyl groups excluding tert-OH is 1. The lowest BCUT2D eigenvalue weighted by atomic mass is 9.89. The summed E-state index contributed by atoms with van der Waals surface area (Å²) in [6, 6.07) is 2.52. The van der Waals surface area contributed by atoms with Crippen LogP contribution in [0.2, 0.25) is 0 Å². The van der Waals surface area contributed by atoms with Crippen LogP contribution in [0.15, 0.2) is 22.8 Å². The summed E-state index contributed by atoms with van der Waals surface area (Å²) in [6.07, 6.45) is 3.00. The van der Waals surface area contributed by atoms with Crippen LogP contribution in [0.4, 0.5) is 0 Å². The molecule has 3 N–H and O–H groups in total. The van der Waals surface area contributed by atoms with Gasteiger partial charge in [-0.3, -0.25) is 9.59 Å². The Morgan fingerprint density at radius 1 is 1.43 bits per heavy atom. The van der Waals surface area contributed by atoms with Gasteiger partial charge in [0.1, 0.15) is 6.04 Å². The minimum absolute atomic E-state index is 0.122. The molecule has 0 saturated carbocycles. The van der Waals surface area contributed by atoms with Crippen LogP contribution in [0, 0.1) is 5.41 Å². The van der Waals surface area contributed by atoms with E-state index in [-0.39, 0.29) is 23.7 Å². The Morgan fingerprint density at radius 2 is 2.14 bits per heavy atom. The van der Waals surface area contributed by atoms with Crippen molar-refractivity contribution in [2.45, 2.75) is 39.7 Å². The van der Waals surface area contributed by atoms with Gasteiger partial charge in [0, 0.05) is 13.2 Å². The van der Waals surface area contributed by atoms with Gasteiger partial charge in [-0.2, -0.15) is 0 Å². The smallest absolute Gasteiger partial charge is 0.287 e. The maximum atomic E-state index is 11.8. The van der Waals surface area contributed by atoms with Crippen LogP contribution in [0.3, 0.4) is 0 Å². The van der Waals surface area contributed by atoms with E-state index >= 15 is 0 Å². The minimum atomic E-state index is -0.631. The topological polar surface area (TPSA) is 91.6 Å². The fourth-order valence-electron chi connectivity index (χ4n) is 1.75. The Bertz CT molecular complexity index is 454. The Labute approximate surface area is 124 Å². The van der Waals surface area contributed by atoms with Crippen molar-refractivity contribution in [3.05, 3.63) is 24.2 Å². The average molecular weight is 296 g/mol. The molecule has 6 nitrogen and oxygen atoms in total. The van der Waals surface area contributed by atoms with Crippen molar-refractivity contribution in [2.75, 3.05) is 13.2 Å². The summed E-state index contributed by atoms with van der Waals surface area (Å²) in [7, 11) is 0. The third kappa shape index (κ3) is 5.99. The predicted octanol–water partition coefficient (Wildman–Crippen LogP) is 1.31. The minimum Gasteiger partial charge on any atom is -0.459 e. The molecule has 0 aliphatic carbocycles. The first-order valence-electron chi connectivity index (χ1n) is 7.09. The van der Waals surface area contributed by atoms with Gasteiger partial charge < -0.3 is 20.2 Å². The molecule has 0 spiro atoms. The molecule has 6 heteroatoms. The zero-order chi connectivity index (χ0) is 15.9. The monoisotopic (exact) mass is 296 g/mol. The molecule has 2 amide bonds. The second-order valence-corrected chi connectivity index (χ2v) is 5.89. The van der Waals surface area contributed by atoms with Crippen LogP contribution < -0.4 is 10.6 Å². The third-order valence-corrected chi connectivity index (χ3v) is 3.24. The number of nitrogens with one attached hydrogen (secondary N) is 2. The van der Waals surface area contributed by atoms with Crippen molar-refractivity contribution in [3.63, 3.8) is 0 Å². The van der Waals surface area contributed by atoms with Crippen molar-refractivity contribution in [1.29, 1.82) is 0 Å². The van der Waals surface area contributed by atoms with Gasteiger partial charge in [-0.05, 0) is 37.3 Å². The van der Waals surface area contributed by atoms with Crippen LogP contribution in [0.25, 0.3) is 0 Å². The Kier molecular flexibility index (Phi) is 6.42. The van der Waals surface area contributed by atoms with E-state index in [1.54, 1.807) is 13.0 Å². The standard InChI is InChI=1S/C15H24N2O4/c1-11(17-14(20)12-6-4-9-21-12)13(19)16-8-5-7-15(2,3)10-18/h4,6,9,11,18H,5,7-8,10H2,1-3H3,(H,16,19)(H,17,20). The number of amides is 2. The number of furan rings is 1. The summed E-state index contributed by atoms with van der Waals surface area (Å²) in [5.74, 6) is -0.472. The Balaban J connectivity index is 2.27.